The molecule has 0 aromatic heterocycles. The first-order valence-electron chi connectivity index (χ1n) is 11.6. The number of hydrogen-bond donors (Lipinski definition) is 0. The Hall–Kier alpha value is -3.99. The summed E-state index contributed by atoms with van der Waals surface area (Å²) in [5.41, 5.74) is 6.38. The van der Waals surface area contributed by atoms with E-state index in [1.165, 1.54) is 10.9 Å². The van der Waals surface area contributed by atoms with Gasteiger partial charge in [-0.1, -0.05) is 48.5 Å². The van der Waals surface area contributed by atoms with Gasteiger partial charge in [0.1, 0.15) is 29.6 Å². The lowest BCUT2D eigenvalue weighted by Gasteiger charge is -2.33. The Kier molecular flexibility index (Phi) is 4.01. The van der Waals surface area contributed by atoms with Crippen LogP contribution in [0.2, 0.25) is 0 Å². The first kappa shape index (κ1) is 19.5. The fraction of sp³-hybridized carbons (Fsp3) is 0.138. The van der Waals surface area contributed by atoms with E-state index in [0.29, 0.717) is 12.5 Å². The van der Waals surface area contributed by atoms with Crippen LogP contribution in [0, 0.1) is 0 Å². The molecule has 4 nitrogen and oxygen atoms in total. The fourth-order valence-corrected chi connectivity index (χ4v) is 5.10. The van der Waals surface area contributed by atoms with E-state index < -0.39 is 0 Å². The maximum Gasteiger partial charge on any atom is 0.260 e. The Labute approximate surface area is 198 Å². The van der Waals surface area contributed by atoms with Crippen molar-refractivity contribution in [2.24, 2.45) is 4.99 Å². The minimum atomic E-state index is -0.174. The molecule has 0 bridgehead atoms. The first-order valence-corrected chi connectivity index (χ1v) is 11.6. The average molecular weight is 443 g/mol. The van der Waals surface area contributed by atoms with Crippen LogP contribution in [-0.2, 0) is 4.74 Å². The molecule has 7 rings (SSSR count). The molecule has 3 aliphatic heterocycles. The molecule has 164 valence electrons. The second-order valence-corrected chi connectivity index (χ2v) is 9.69. The van der Waals surface area contributed by atoms with Crippen molar-refractivity contribution in [3.63, 3.8) is 0 Å². The van der Waals surface area contributed by atoms with Gasteiger partial charge in [-0.15, -0.1) is 0 Å². The van der Waals surface area contributed by atoms with Crippen LogP contribution in [0.3, 0.4) is 0 Å². The van der Waals surface area contributed by atoms with Gasteiger partial charge in [0.2, 0.25) is 5.90 Å². The molecule has 0 N–H and O–H groups in total. The largest absolute Gasteiger partial charge is 0.475 e. The zero-order chi connectivity index (χ0) is 22.9. The van der Waals surface area contributed by atoms with E-state index >= 15 is 0 Å². The number of nitrogens with zero attached hydrogens (tertiary/aromatic N) is 1. The number of benzene rings is 4. The second kappa shape index (κ2) is 7.01. The predicted octanol–water partition coefficient (Wildman–Crippen LogP) is 4.64. The highest BCUT2D eigenvalue weighted by molar-refractivity contribution is 6.98. The Bertz CT molecular complexity index is 1420. The van der Waals surface area contributed by atoms with E-state index in [0.717, 1.165) is 45.2 Å². The van der Waals surface area contributed by atoms with Crippen molar-refractivity contribution in [3.8, 4) is 34.1 Å². The molecule has 3 aliphatic rings. The normalized spacial score (nSPS) is 16.3. The van der Waals surface area contributed by atoms with Gasteiger partial charge in [0, 0.05) is 11.0 Å². The van der Waals surface area contributed by atoms with Crippen molar-refractivity contribution in [2.45, 2.75) is 19.4 Å². The van der Waals surface area contributed by atoms with Crippen LogP contribution < -0.4 is 25.9 Å². The van der Waals surface area contributed by atoms with E-state index in [1.807, 2.05) is 24.3 Å². The molecule has 0 saturated heterocycles. The molecule has 0 atom stereocenters. The predicted molar refractivity (Wildman–Crippen MR) is 136 cm³/mol. The number of hydrogen-bond acceptors (Lipinski definition) is 4. The van der Waals surface area contributed by atoms with E-state index in [9.17, 15) is 0 Å². The van der Waals surface area contributed by atoms with Crippen molar-refractivity contribution in [1.29, 1.82) is 0 Å². The van der Waals surface area contributed by atoms with Gasteiger partial charge in [-0.05, 0) is 72.3 Å². The van der Waals surface area contributed by atoms with Gasteiger partial charge >= 0.3 is 0 Å². The summed E-state index contributed by atoms with van der Waals surface area (Å²) in [4.78, 5) is 4.69. The van der Waals surface area contributed by atoms with Crippen molar-refractivity contribution >= 4 is 29.0 Å². The van der Waals surface area contributed by atoms with Gasteiger partial charge in [0.15, 0.2) is 0 Å². The standard InChI is InChI=1S/C29H22BNO3/c1-29(2)17-32-28(31-29)19-13-11-18(12-14-19)20-15-25-27-26(16-20)34-24-10-6-4-8-22(24)30(27)21-7-3-5-9-23(21)33-25/h3-16H,17H2,1-2H3. The first-order chi connectivity index (χ1) is 16.6. The third-order valence-electron chi connectivity index (χ3n) is 6.72. The highest BCUT2D eigenvalue weighted by Gasteiger charge is 2.40. The molecular formula is C29H22BNO3. The molecule has 3 heterocycles. The molecule has 0 fully saturated rings. The zero-order valence-electron chi connectivity index (χ0n) is 19.0. The number of rotatable bonds is 2. The molecule has 4 aromatic carbocycles. The highest BCUT2D eigenvalue weighted by Crippen LogP contribution is 2.38. The van der Waals surface area contributed by atoms with Crippen LogP contribution in [0.4, 0.5) is 0 Å². The topological polar surface area (TPSA) is 40.0 Å². The highest BCUT2D eigenvalue weighted by atomic mass is 16.5. The van der Waals surface area contributed by atoms with E-state index in [4.69, 9.17) is 19.2 Å². The summed E-state index contributed by atoms with van der Waals surface area (Å²) in [6.07, 6.45) is 0. The maximum absolute atomic E-state index is 6.41. The van der Waals surface area contributed by atoms with Crippen molar-refractivity contribution < 1.29 is 14.2 Å². The smallest absolute Gasteiger partial charge is 0.260 e. The third kappa shape index (κ3) is 2.97. The lowest BCUT2D eigenvalue weighted by molar-refractivity contribution is 0.279. The van der Waals surface area contributed by atoms with Crippen LogP contribution in [-0.4, -0.2) is 24.8 Å². The molecule has 34 heavy (non-hydrogen) atoms. The Morgan fingerprint density at radius 3 is 1.79 bits per heavy atom. The third-order valence-corrected chi connectivity index (χ3v) is 6.72. The van der Waals surface area contributed by atoms with Gasteiger partial charge < -0.3 is 14.2 Å². The van der Waals surface area contributed by atoms with Crippen LogP contribution in [0.1, 0.15) is 19.4 Å². The molecule has 5 heteroatoms. The van der Waals surface area contributed by atoms with Gasteiger partial charge in [-0.3, -0.25) is 0 Å². The van der Waals surface area contributed by atoms with E-state index in [-0.39, 0.29) is 12.3 Å². The van der Waals surface area contributed by atoms with E-state index in [2.05, 4.69) is 74.5 Å². The van der Waals surface area contributed by atoms with Crippen molar-refractivity contribution in [1.82, 2.24) is 0 Å². The number of fused-ring (bicyclic) bond motifs is 4. The van der Waals surface area contributed by atoms with Crippen LogP contribution in [0.5, 0.6) is 23.0 Å². The molecule has 0 unspecified atom stereocenters. The number of para-hydroxylation sites is 2. The van der Waals surface area contributed by atoms with Crippen LogP contribution in [0.15, 0.2) is 89.9 Å². The van der Waals surface area contributed by atoms with E-state index in [1.54, 1.807) is 0 Å². The summed E-state index contributed by atoms with van der Waals surface area (Å²) >= 11 is 0. The molecular weight excluding hydrogens is 421 g/mol. The summed E-state index contributed by atoms with van der Waals surface area (Å²) < 4.78 is 18.6. The monoisotopic (exact) mass is 443 g/mol. The summed E-state index contributed by atoms with van der Waals surface area (Å²) in [7, 11) is 0. The number of ether oxygens (including phenoxy) is 3. The van der Waals surface area contributed by atoms with Gasteiger partial charge in [-0.2, -0.15) is 0 Å². The van der Waals surface area contributed by atoms with Gasteiger partial charge in [0.05, 0.1) is 5.54 Å². The Balaban J connectivity index is 1.34. The lowest BCUT2D eigenvalue weighted by Crippen LogP contribution is -2.57. The summed E-state index contributed by atoms with van der Waals surface area (Å²) in [5.74, 6) is 4.20. The molecule has 0 spiro atoms. The summed E-state index contributed by atoms with van der Waals surface area (Å²) in [6, 6.07) is 29.2. The van der Waals surface area contributed by atoms with Crippen molar-refractivity contribution in [3.05, 3.63) is 90.5 Å². The molecule has 0 radical (unpaired) electrons. The maximum atomic E-state index is 6.41. The average Bonchev–Trinajstić information content (AvgIpc) is 3.23. The molecule has 0 amide bonds. The second-order valence-electron chi connectivity index (χ2n) is 9.69. The van der Waals surface area contributed by atoms with Gasteiger partial charge in [0.25, 0.3) is 6.71 Å². The van der Waals surface area contributed by atoms with Gasteiger partial charge in [-0.25, -0.2) is 4.99 Å². The SMILES string of the molecule is CC1(C)COC(c2ccc(-c3cc4c5c(c3)Oc3ccccc3B5c3ccccc3O4)cc2)=N1. The van der Waals surface area contributed by atoms with Crippen molar-refractivity contribution in [2.75, 3.05) is 6.61 Å². The van der Waals surface area contributed by atoms with Crippen LogP contribution >= 0.6 is 0 Å². The minimum absolute atomic E-state index is 0.0946. The van der Waals surface area contributed by atoms with Crippen LogP contribution in [0.25, 0.3) is 11.1 Å². The fourth-order valence-electron chi connectivity index (χ4n) is 5.10. The molecule has 0 aliphatic carbocycles. The molecule has 0 saturated carbocycles. The minimum Gasteiger partial charge on any atom is -0.475 e. The molecule has 4 aromatic rings. The Morgan fingerprint density at radius 1 is 0.676 bits per heavy atom. The number of aliphatic imine (C=N–C) groups is 1. The quantitative estimate of drug-likeness (QED) is 0.366. The summed E-state index contributed by atoms with van der Waals surface area (Å²) in [6.45, 7) is 4.86. The zero-order valence-corrected chi connectivity index (χ0v) is 19.0. The Morgan fingerprint density at radius 2 is 1.24 bits per heavy atom. The summed E-state index contributed by atoms with van der Waals surface area (Å²) in [5, 5.41) is 0. The lowest BCUT2D eigenvalue weighted by atomic mass is 9.35.